The van der Waals surface area contributed by atoms with Crippen molar-refractivity contribution < 1.29 is 5.11 Å². The number of aromatic nitrogens is 1. The topological polar surface area (TPSA) is 33.1 Å². The Balaban J connectivity index is 2.47. The molecule has 0 saturated heterocycles. The van der Waals surface area contributed by atoms with Gasteiger partial charge in [-0.1, -0.05) is 29.8 Å². The number of pyridine rings is 1. The molecule has 1 unspecified atom stereocenters. The van der Waals surface area contributed by atoms with Crippen LogP contribution in [0.2, 0.25) is 5.02 Å². The predicted molar refractivity (Wildman–Crippen MR) is 64.4 cm³/mol. The third-order valence-corrected chi connectivity index (χ3v) is 2.85. The molecule has 0 amide bonds. The van der Waals surface area contributed by atoms with Crippen LogP contribution in [0.4, 0.5) is 0 Å². The lowest BCUT2D eigenvalue weighted by atomic mass is 9.89. The zero-order chi connectivity index (χ0) is 11.6. The Kier molecular flexibility index (Phi) is 2.95. The van der Waals surface area contributed by atoms with Gasteiger partial charge in [0.1, 0.15) is 5.60 Å². The molecule has 0 saturated carbocycles. The fourth-order valence-corrected chi connectivity index (χ4v) is 1.80. The van der Waals surface area contributed by atoms with E-state index >= 15 is 0 Å². The Morgan fingerprint density at radius 3 is 2.56 bits per heavy atom. The van der Waals surface area contributed by atoms with Gasteiger partial charge in [0.15, 0.2) is 0 Å². The molecule has 3 heteroatoms. The van der Waals surface area contributed by atoms with E-state index in [2.05, 4.69) is 4.98 Å². The maximum absolute atomic E-state index is 10.5. The standard InChI is InChI=1S/C13H12ClNO/c1-13(16,11-5-3-7-15-9-11)10-4-2-6-12(14)8-10/h2-9,16H,1H3. The minimum Gasteiger partial charge on any atom is -0.381 e. The largest absolute Gasteiger partial charge is 0.381 e. The van der Waals surface area contributed by atoms with Crippen LogP contribution in [-0.4, -0.2) is 10.1 Å². The van der Waals surface area contributed by atoms with E-state index in [0.29, 0.717) is 5.02 Å². The van der Waals surface area contributed by atoms with Crippen molar-refractivity contribution in [3.8, 4) is 0 Å². The van der Waals surface area contributed by atoms with E-state index in [-0.39, 0.29) is 0 Å². The quantitative estimate of drug-likeness (QED) is 0.865. The highest BCUT2D eigenvalue weighted by atomic mass is 35.5. The summed E-state index contributed by atoms with van der Waals surface area (Å²) in [6.45, 7) is 1.73. The van der Waals surface area contributed by atoms with Gasteiger partial charge in [0.05, 0.1) is 0 Å². The van der Waals surface area contributed by atoms with E-state index in [9.17, 15) is 5.11 Å². The molecule has 1 aromatic heterocycles. The molecule has 0 radical (unpaired) electrons. The number of hydrogen-bond acceptors (Lipinski definition) is 2. The first kappa shape index (κ1) is 11.1. The van der Waals surface area contributed by atoms with Crippen LogP contribution in [-0.2, 0) is 5.60 Å². The number of nitrogens with zero attached hydrogens (tertiary/aromatic N) is 1. The molecule has 0 aliphatic heterocycles. The van der Waals surface area contributed by atoms with Gasteiger partial charge in [-0.05, 0) is 30.7 Å². The SMILES string of the molecule is CC(O)(c1cccnc1)c1cccc(Cl)c1. The van der Waals surface area contributed by atoms with Gasteiger partial charge >= 0.3 is 0 Å². The maximum Gasteiger partial charge on any atom is 0.113 e. The van der Waals surface area contributed by atoms with Gasteiger partial charge in [0.2, 0.25) is 0 Å². The van der Waals surface area contributed by atoms with E-state index in [1.54, 1.807) is 37.5 Å². The highest BCUT2D eigenvalue weighted by molar-refractivity contribution is 6.30. The first-order valence-corrected chi connectivity index (χ1v) is 5.37. The Morgan fingerprint density at radius 1 is 1.19 bits per heavy atom. The van der Waals surface area contributed by atoms with Crippen molar-refractivity contribution in [2.24, 2.45) is 0 Å². The van der Waals surface area contributed by atoms with Crippen molar-refractivity contribution in [1.29, 1.82) is 0 Å². The van der Waals surface area contributed by atoms with Gasteiger partial charge in [0.25, 0.3) is 0 Å². The average Bonchev–Trinajstić information content (AvgIpc) is 2.30. The zero-order valence-corrected chi connectivity index (χ0v) is 9.65. The number of benzene rings is 1. The molecule has 0 fully saturated rings. The van der Waals surface area contributed by atoms with Crippen LogP contribution in [0.15, 0.2) is 48.8 Å². The van der Waals surface area contributed by atoms with Gasteiger partial charge in [-0.2, -0.15) is 0 Å². The summed E-state index contributed by atoms with van der Waals surface area (Å²) in [6.07, 6.45) is 3.33. The lowest BCUT2D eigenvalue weighted by molar-refractivity contribution is 0.102. The summed E-state index contributed by atoms with van der Waals surface area (Å²) in [5, 5.41) is 11.1. The molecule has 2 rings (SSSR count). The molecule has 82 valence electrons. The van der Waals surface area contributed by atoms with Crippen LogP contribution in [0.25, 0.3) is 0 Å². The molecule has 0 aliphatic rings. The summed E-state index contributed by atoms with van der Waals surface area (Å²) < 4.78 is 0. The summed E-state index contributed by atoms with van der Waals surface area (Å²) >= 11 is 5.91. The van der Waals surface area contributed by atoms with Crippen molar-refractivity contribution in [3.63, 3.8) is 0 Å². The highest BCUT2D eigenvalue weighted by Gasteiger charge is 2.25. The second-order valence-electron chi connectivity index (χ2n) is 3.82. The van der Waals surface area contributed by atoms with E-state index in [1.807, 2.05) is 18.2 Å². The van der Waals surface area contributed by atoms with Gasteiger partial charge in [-0.25, -0.2) is 0 Å². The van der Waals surface area contributed by atoms with Crippen LogP contribution in [0.1, 0.15) is 18.1 Å². The van der Waals surface area contributed by atoms with Gasteiger partial charge in [-0.15, -0.1) is 0 Å². The minimum absolute atomic E-state index is 0.613. The molecule has 1 heterocycles. The zero-order valence-electron chi connectivity index (χ0n) is 8.89. The van der Waals surface area contributed by atoms with E-state index in [1.165, 1.54) is 0 Å². The fourth-order valence-electron chi connectivity index (χ4n) is 1.61. The highest BCUT2D eigenvalue weighted by Crippen LogP contribution is 2.29. The lowest BCUT2D eigenvalue weighted by Crippen LogP contribution is -2.22. The second-order valence-corrected chi connectivity index (χ2v) is 4.26. The predicted octanol–water partition coefficient (Wildman–Crippen LogP) is 2.99. The number of aliphatic hydroxyl groups is 1. The van der Waals surface area contributed by atoms with Gasteiger partial charge < -0.3 is 5.11 Å². The Morgan fingerprint density at radius 2 is 1.94 bits per heavy atom. The van der Waals surface area contributed by atoms with Crippen LogP contribution >= 0.6 is 11.6 Å². The average molecular weight is 234 g/mol. The molecule has 0 spiro atoms. The Labute approximate surface area is 99.5 Å². The summed E-state index contributed by atoms with van der Waals surface area (Å²) in [5.74, 6) is 0. The summed E-state index contributed by atoms with van der Waals surface area (Å²) in [7, 11) is 0. The van der Waals surface area contributed by atoms with Crippen molar-refractivity contribution in [1.82, 2.24) is 4.98 Å². The van der Waals surface area contributed by atoms with Gasteiger partial charge in [-0.3, -0.25) is 4.98 Å². The van der Waals surface area contributed by atoms with Crippen molar-refractivity contribution in [2.45, 2.75) is 12.5 Å². The monoisotopic (exact) mass is 233 g/mol. The Bertz CT molecular complexity index is 482. The van der Waals surface area contributed by atoms with Crippen LogP contribution in [0.5, 0.6) is 0 Å². The normalized spacial score (nSPS) is 14.4. The summed E-state index contributed by atoms with van der Waals surface area (Å²) in [6, 6.07) is 10.8. The third kappa shape index (κ3) is 2.08. The van der Waals surface area contributed by atoms with Crippen molar-refractivity contribution in [3.05, 3.63) is 64.9 Å². The van der Waals surface area contributed by atoms with E-state index < -0.39 is 5.60 Å². The van der Waals surface area contributed by atoms with E-state index in [4.69, 9.17) is 11.6 Å². The number of rotatable bonds is 2. The molecular weight excluding hydrogens is 222 g/mol. The first-order valence-electron chi connectivity index (χ1n) is 4.99. The van der Waals surface area contributed by atoms with Gasteiger partial charge in [0, 0.05) is 23.0 Å². The summed E-state index contributed by atoms with van der Waals surface area (Å²) in [5.41, 5.74) is 0.435. The molecule has 0 aliphatic carbocycles. The van der Waals surface area contributed by atoms with Crippen molar-refractivity contribution >= 4 is 11.6 Å². The second kappa shape index (κ2) is 4.24. The molecular formula is C13H12ClNO. The molecule has 1 aromatic carbocycles. The van der Waals surface area contributed by atoms with Crippen molar-refractivity contribution in [2.75, 3.05) is 0 Å². The summed E-state index contributed by atoms with van der Waals surface area (Å²) in [4.78, 5) is 4.01. The lowest BCUT2D eigenvalue weighted by Gasteiger charge is -2.24. The fraction of sp³-hybridized carbons (Fsp3) is 0.154. The van der Waals surface area contributed by atoms with Crippen LogP contribution < -0.4 is 0 Å². The smallest absolute Gasteiger partial charge is 0.113 e. The molecule has 1 N–H and O–H groups in total. The van der Waals surface area contributed by atoms with Crippen LogP contribution in [0.3, 0.4) is 0 Å². The maximum atomic E-state index is 10.5. The molecule has 2 nitrogen and oxygen atoms in total. The Hall–Kier alpha value is -1.38. The van der Waals surface area contributed by atoms with E-state index in [0.717, 1.165) is 11.1 Å². The molecule has 0 bridgehead atoms. The molecule has 1 atom stereocenters. The first-order chi connectivity index (χ1) is 7.60. The minimum atomic E-state index is -1.07. The number of hydrogen-bond donors (Lipinski definition) is 1. The number of halogens is 1. The molecule has 2 aromatic rings. The van der Waals surface area contributed by atoms with Crippen LogP contribution in [0, 0.1) is 0 Å². The third-order valence-electron chi connectivity index (χ3n) is 2.61. The molecule has 16 heavy (non-hydrogen) atoms.